The molecule has 0 radical (unpaired) electrons. The van der Waals surface area contributed by atoms with E-state index in [1.54, 1.807) is 12.3 Å². The molecule has 0 atom stereocenters. The summed E-state index contributed by atoms with van der Waals surface area (Å²) < 4.78 is 0. The summed E-state index contributed by atoms with van der Waals surface area (Å²) in [5.74, 6) is 0.441. The van der Waals surface area contributed by atoms with Crippen LogP contribution in [0.2, 0.25) is 0 Å². The van der Waals surface area contributed by atoms with Gasteiger partial charge in [0.1, 0.15) is 5.82 Å². The van der Waals surface area contributed by atoms with Gasteiger partial charge >= 0.3 is 0 Å². The molecule has 3 rings (SSSR count). The van der Waals surface area contributed by atoms with E-state index in [0.717, 1.165) is 16.6 Å². The first-order valence-corrected chi connectivity index (χ1v) is 6.05. The Balaban J connectivity index is 1.96. The van der Waals surface area contributed by atoms with E-state index in [1.807, 2.05) is 32.0 Å². The lowest BCUT2D eigenvalue weighted by molar-refractivity contribution is 0.102. The number of carbonyl (C=O) groups is 1. The molecule has 0 saturated heterocycles. The Morgan fingerprint density at radius 2 is 2.11 bits per heavy atom. The molecule has 2 aromatic heterocycles. The van der Waals surface area contributed by atoms with Gasteiger partial charge < -0.3 is 10.3 Å². The quantitative estimate of drug-likeness (QED) is 0.658. The molecular formula is C14H14N4O. The van der Waals surface area contributed by atoms with Crippen LogP contribution in [0, 0.1) is 13.8 Å². The fourth-order valence-corrected chi connectivity index (χ4v) is 2.12. The number of H-pyrrole nitrogens is 2. The minimum absolute atomic E-state index is 0.149. The lowest BCUT2D eigenvalue weighted by Crippen LogP contribution is -2.11. The topological polar surface area (TPSA) is 73.6 Å². The zero-order valence-electron chi connectivity index (χ0n) is 10.7. The Morgan fingerprint density at radius 3 is 2.84 bits per heavy atom. The molecule has 19 heavy (non-hydrogen) atoms. The van der Waals surface area contributed by atoms with E-state index >= 15 is 0 Å². The van der Waals surface area contributed by atoms with Crippen molar-refractivity contribution in [2.45, 2.75) is 13.8 Å². The third-order valence-corrected chi connectivity index (χ3v) is 3.32. The maximum Gasteiger partial charge on any atom is 0.256 e. The van der Waals surface area contributed by atoms with Gasteiger partial charge in [0, 0.05) is 28.2 Å². The summed E-state index contributed by atoms with van der Waals surface area (Å²) in [5.41, 5.74) is 3.98. The molecule has 0 aliphatic carbocycles. The zero-order valence-corrected chi connectivity index (χ0v) is 10.7. The minimum atomic E-state index is -0.149. The highest BCUT2D eigenvalue weighted by molar-refractivity contribution is 6.06. The summed E-state index contributed by atoms with van der Waals surface area (Å²) >= 11 is 0. The SMILES string of the molecule is Cc1[nH]c2ccc(C(=O)Nc3ccn[nH]3)cc2c1C. The highest BCUT2D eigenvalue weighted by Crippen LogP contribution is 2.22. The maximum absolute atomic E-state index is 12.1. The minimum Gasteiger partial charge on any atom is -0.358 e. The predicted octanol–water partition coefficient (Wildman–Crippen LogP) is 2.76. The summed E-state index contributed by atoms with van der Waals surface area (Å²) in [4.78, 5) is 15.4. The van der Waals surface area contributed by atoms with Crippen molar-refractivity contribution in [3.8, 4) is 0 Å². The number of nitrogens with zero attached hydrogens (tertiary/aromatic N) is 1. The summed E-state index contributed by atoms with van der Waals surface area (Å²) in [6.07, 6.45) is 1.60. The van der Waals surface area contributed by atoms with Crippen molar-refractivity contribution in [1.82, 2.24) is 15.2 Å². The molecule has 0 unspecified atom stereocenters. The van der Waals surface area contributed by atoms with Crippen LogP contribution < -0.4 is 5.32 Å². The number of rotatable bonds is 2. The second-order valence-corrected chi connectivity index (χ2v) is 4.56. The van der Waals surface area contributed by atoms with Crippen LogP contribution in [0.4, 0.5) is 5.82 Å². The van der Waals surface area contributed by atoms with E-state index in [4.69, 9.17) is 0 Å². The van der Waals surface area contributed by atoms with Gasteiger partial charge in [-0.05, 0) is 37.6 Å². The van der Waals surface area contributed by atoms with Crippen LogP contribution in [-0.2, 0) is 0 Å². The molecule has 0 bridgehead atoms. The second-order valence-electron chi connectivity index (χ2n) is 4.56. The van der Waals surface area contributed by atoms with Gasteiger partial charge in [0.25, 0.3) is 5.91 Å². The molecule has 0 aliphatic heterocycles. The van der Waals surface area contributed by atoms with Gasteiger partial charge in [0.15, 0.2) is 0 Å². The Bertz CT molecular complexity index is 740. The van der Waals surface area contributed by atoms with E-state index < -0.39 is 0 Å². The van der Waals surface area contributed by atoms with Crippen LogP contribution in [-0.4, -0.2) is 21.1 Å². The van der Waals surface area contributed by atoms with Crippen molar-refractivity contribution in [3.05, 3.63) is 47.3 Å². The van der Waals surface area contributed by atoms with E-state index in [1.165, 1.54) is 5.56 Å². The third kappa shape index (κ3) is 1.99. The van der Waals surface area contributed by atoms with Crippen LogP contribution in [0.5, 0.6) is 0 Å². The number of carbonyl (C=O) groups excluding carboxylic acids is 1. The summed E-state index contributed by atoms with van der Waals surface area (Å²) in [5, 5.41) is 10.3. The number of benzene rings is 1. The lowest BCUT2D eigenvalue weighted by Gasteiger charge is -2.03. The molecule has 0 aliphatic rings. The largest absolute Gasteiger partial charge is 0.358 e. The van der Waals surface area contributed by atoms with Crippen molar-refractivity contribution in [2.75, 3.05) is 5.32 Å². The molecule has 2 heterocycles. The molecule has 96 valence electrons. The first kappa shape index (κ1) is 11.5. The molecule has 3 aromatic rings. The number of aromatic nitrogens is 3. The molecular weight excluding hydrogens is 240 g/mol. The van der Waals surface area contributed by atoms with E-state index in [0.29, 0.717) is 11.4 Å². The van der Waals surface area contributed by atoms with Gasteiger partial charge in [0.05, 0.1) is 6.20 Å². The van der Waals surface area contributed by atoms with Crippen molar-refractivity contribution >= 4 is 22.6 Å². The van der Waals surface area contributed by atoms with E-state index in [2.05, 4.69) is 20.5 Å². The van der Waals surface area contributed by atoms with Gasteiger partial charge in [-0.15, -0.1) is 0 Å². The highest BCUT2D eigenvalue weighted by atomic mass is 16.1. The molecule has 1 aromatic carbocycles. The molecule has 0 spiro atoms. The number of aryl methyl sites for hydroxylation is 2. The van der Waals surface area contributed by atoms with Crippen molar-refractivity contribution in [2.24, 2.45) is 0 Å². The Hall–Kier alpha value is -2.56. The van der Waals surface area contributed by atoms with E-state index in [-0.39, 0.29) is 5.91 Å². The lowest BCUT2D eigenvalue weighted by atomic mass is 10.1. The fourth-order valence-electron chi connectivity index (χ4n) is 2.12. The average Bonchev–Trinajstić information content (AvgIpc) is 2.99. The monoisotopic (exact) mass is 254 g/mol. The first-order valence-electron chi connectivity index (χ1n) is 6.05. The number of fused-ring (bicyclic) bond motifs is 1. The highest BCUT2D eigenvalue weighted by Gasteiger charge is 2.10. The maximum atomic E-state index is 12.1. The Morgan fingerprint density at radius 1 is 1.26 bits per heavy atom. The number of aromatic amines is 2. The number of hydrogen-bond acceptors (Lipinski definition) is 2. The number of nitrogens with one attached hydrogen (secondary N) is 3. The molecule has 5 nitrogen and oxygen atoms in total. The van der Waals surface area contributed by atoms with Crippen molar-refractivity contribution < 1.29 is 4.79 Å². The molecule has 1 amide bonds. The van der Waals surface area contributed by atoms with Crippen LogP contribution in [0.25, 0.3) is 10.9 Å². The van der Waals surface area contributed by atoms with Gasteiger partial charge in [0.2, 0.25) is 0 Å². The fraction of sp³-hybridized carbons (Fsp3) is 0.143. The van der Waals surface area contributed by atoms with Crippen LogP contribution in [0.15, 0.2) is 30.5 Å². The van der Waals surface area contributed by atoms with Gasteiger partial charge in [-0.2, -0.15) is 5.10 Å². The molecule has 0 saturated carbocycles. The molecule has 3 N–H and O–H groups in total. The van der Waals surface area contributed by atoms with Crippen molar-refractivity contribution in [1.29, 1.82) is 0 Å². The Labute approximate surface area is 110 Å². The van der Waals surface area contributed by atoms with Crippen LogP contribution >= 0.6 is 0 Å². The zero-order chi connectivity index (χ0) is 13.4. The molecule has 5 heteroatoms. The van der Waals surface area contributed by atoms with Crippen molar-refractivity contribution in [3.63, 3.8) is 0 Å². The first-order chi connectivity index (χ1) is 9.15. The third-order valence-electron chi connectivity index (χ3n) is 3.32. The standard InChI is InChI=1S/C14H14N4O/c1-8-9(2)16-12-4-3-10(7-11(8)12)14(19)17-13-5-6-15-18-13/h3-7,16H,1-2H3,(H2,15,17,18,19). The summed E-state index contributed by atoms with van der Waals surface area (Å²) in [6.45, 7) is 4.07. The summed E-state index contributed by atoms with van der Waals surface area (Å²) in [6, 6.07) is 7.35. The van der Waals surface area contributed by atoms with Crippen LogP contribution in [0.1, 0.15) is 21.6 Å². The number of hydrogen-bond donors (Lipinski definition) is 3. The number of anilines is 1. The van der Waals surface area contributed by atoms with Gasteiger partial charge in [-0.3, -0.25) is 9.89 Å². The molecule has 0 fully saturated rings. The average molecular weight is 254 g/mol. The smallest absolute Gasteiger partial charge is 0.256 e. The normalized spacial score (nSPS) is 10.8. The Kier molecular flexibility index (Phi) is 2.59. The van der Waals surface area contributed by atoms with E-state index in [9.17, 15) is 4.79 Å². The predicted molar refractivity (Wildman–Crippen MR) is 74.3 cm³/mol. The number of amides is 1. The van der Waals surface area contributed by atoms with Gasteiger partial charge in [-0.25, -0.2) is 0 Å². The van der Waals surface area contributed by atoms with Gasteiger partial charge in [-0.1, -0.05) is 0 Å². The second kappa shape index (κ2) is 4.28. The summed E-state index contributed by atoms with van der Waals surface area (Å²) in [7, 11) is 0. The van der Waals surface area contributed by atoms with Crippen LogP contribution in [0.3, 0.4) is 0 Å².